The Bertz CT molecular complexity index is 944. The van der Waals surface area contributed by atoms with Crippen LogP contribution < -0.4 is 5.32 Å². The Hall–Kier alpha value is -1.97. The summed E-state index contributed by atoms with van der Waals surface area (Å²) in [5.41, 5.74) is 6.71. The first-order chi connectivity index (χ1) is 11.5. The Morgan fingerprint density at radius 2 is 1.88 bits per heavy atom. The Morgan fingerprint density at radius 1 is 1.04 bits per heavy atom. The third-order valence-corrected chi connectivity index (χ3v) is 5.18. The van der Waals surface area contributed by atoms with E-state index in [2.05, 4.69) is 37.4 Å². The van der Waals surface area contributed by atoms with Crippen molar-refractivity contribution in [1.82, 2.24) is 9.78 Å². The molecule has 3 nitrogen and oxygen atoms in total. The van der Waals surface area contributed by atoms with Crippen LogP contribution in [0.3, 0.4) is 0 Å². The normalized spacial score (nSPS) is 13.0. The monoisotopic (exact) mass is 357 g/mol. The lowest BCUT2D eigenvalue weighted by Crippen LogP contribution is -2.06. The maximum Gasteiger partial charge on any atom is 0.133 e. The number of aryl methyl sites for hydroxylation is 2. The molecule has 0 saturated carbocycles. The van der Waals surface area contributed by atoms with Crippen molar-refractivity contribution in [2.45, 2.75) is 20.3 Å². The van der Waals surface area contributed by atoms with Gasteiger partial charge in [0.2, 0.25) is 0 Å². The number of halogens is 2. The van der Waals surface area contributed by atoms with Crippen molar-refractivity contribution in [3.05, 3.63) is 63.1 Å². The van der Waals surface area contributed by atoms with Gasteiger partial charge in [-0.3, -0.25) is 0 Å². The van der Waals surface area contributed by atoms with Gasteiger partial charge in [0.1, 0.15) is 5.82 Å². The third kappa shape index (κ3) is 2.48. The first-order valence-corrected chi connectivity index (χ1v) is 8.69. The minimum Gasteiger partial charge on any atom is -0.369 e. The van der Waals surface area contributed by atoms with Crippen molar-refractivity contribution in [3.63, 3.8) is 0 Å². The van der Waals surface area contributed by atoms with Gasteiger partial charge in [0.05, 0.1) is 21.4 Å². The lowest BCUT2D eigenvalue weighted by molar-refractivity contribution is 0.874. The molecule has 3 aromatic rings. The van der Waals surface area contributed by atoms with Crippen LogP contribution in [0.15, 0.2) is 36.4 Å². The van der Waals surface area contributed by atoms with Crippen molar-refractivity contribution in [3.8, 4) is 16.9 Å². The van der Waals surface area contributed by atoms with Gasteiger partial charge >= 0.3 is 0 Å². The highest BCUT2D eigenvalue weighted by Crippen LogP contribution is 2.37. The number of nitrogens with zero attached hydrogens (tertiary/aromatic N) is 2. The minimum atomic E-state index is 0.551. The molecule has 0 bridgehead atoms. The van der Waals surface area contributed by atoms with Crippen LogP contribution in [0.5, 0.6) is 0 Å². The minimum absolute atomic E-state index is 0.551. The molecule has 5 heteroatoms. The summed E-state index contributed by atoms with van der Waals surface area (Å²) in [6.45, 7) is 5.13. The highest BCUT2D eigenvalue weighted by Gasteiger charge is 2.24. The van der Waals surface area contributed by atoms with Crippen molar-refractivity contribution in [2.75, 3.05) is 11.9 Å². The third-order valence-electron chi connectivity index (χ3n) is 4.44. The van der Waals surface area contributed by atoms with E-state index in [0.29, 0.717) is 10.0 Å². The first-order valence-electron chi connectivity index (χ1n) is 7.93. The van der Waals surface area contributed by atoms with Gasteiger partial charge < -0.3 is 5.32 Å². The predicted octanol–water partition coefficient (Wildman–Crippen LogP) is 5.43. The molecule has 1 aromatic heterocycles. The Morgan fingerprint density at radius 3 is 2.67 bits per heavy atom. The molecular formula is C19H17Cl2N3. The molecule has 0 unspecified atom stereocenters. The summed E-state index contributed by atoms with van der Waals surface area (Å²) in [4.78, 5) is 0. The maximum atomic E-state index is 6.20. The lowest BCUT2D eigenvalue weighted by atomic mass is 10.1. The summed E-state index contributed by atoms with van der Waals surface area (Å²) >= 11 is 12.3. The molecule has 122 valence electrons. The number of anilines is 1. The van der Waals surface area contributed by atoms with Crippen molar-refractivity contribution >= 4 is 29.0 Å². The summed E-state index contributed by atoms with van der Waals surface area (Å²) in [6.07, 6.45) is 0.954. The molecule has 1 aliphatic rings. The number of nitrogens with one attached hydrogen (secondary N) is 1. The van der Waals surface area contributed by atoms with E-state index < -0.39 is 0 Å². The smallest absolute Gasteiger partial charge is 0.133 e. The van der Waals surface area contributed by atoms with Gasteiger partial charge in [0, 0.05) is 17.7 Å². The van der Waals surface area contributed by atoms with Gasteiger partial charge in [-0.05, 0) is 49.6 Å². The fourth-order valence-electron chi connectivity index (χ4n) is 3.17. The number of hydrogen-bond acceptors (Lipinski definition) is 2. The van der Waals surface area contributed by atoms with E-state index in [9.17, 15) is 0 Å². The number of rotatable bonds is 2. The molecule has 2 heterocycles. The highest BCUT2D eigenvalue weighted by atomic mass is 35.5. The number of benzene rings is 2. The maximum absolute atomic E-state index is 6.20. The van der Waals surface area contributed by atoms with Crippen molar-refractivity contribution in [2.24, 2.45) is 0 Å². The van der Waals surface area contributed by atoms with E-state index in [1.807, 2.05) is 22.9 Å². The molecule has 0 atom stereocenters. The number of aromatic nitrogens is 2. The molecule has 1 N–H and O–H groups in total. The van der Waals surface area contributed by atoms with Crippen LogP contribution in [-0.2, 0) is 6.42 Å². The largest absolute Gasteiger partial charge is 0.369 e. The fourth-order valence-corrected chi connectivity index (χ4v) is 3.47. The molecule has 0 radical (unpaired) electrons. The molecule has 0 fully saturated rings. The number of fused-ring (bicyclic) bond motifs is 1. The second-order valence-corrected chi connectivity index (χ2v) is 7.00. The molecular weight excluding hydrogens is 341 g/mol. The summed E-state index contributed by atoms with van der Waals surface area (Å²) in [7, 11) is 0. The Kier molecular flexibility index (Phi) is 3.78. The Labute approximate surface area is 151 Å². The second kappa shape index (κ2) is 5.83. The summed E-state index contributed by atoms with van der Waals surface area (Å²) < 4.78 is 2.02. The zero-order valence-corrected chi connectivity index (χ0v) is 15.0. The SMILES string of the molecule is Cc1ccc(C)c(-n2nc(-c3ccc(Cl)c(Cl)c3)c3c2NCC3)c1. The molecule has 0 amide bonds. The average Bonchev–Trinajstić information content (AvgIpc) is 3.15. The second-order valence-electron chi connectivity index (χ2n) is 6.18. The molecule has 1 aliphatic heterocycles. The van der Waals surface area contributed by atoms with Crippen molar-refractivity contribution in [1.29, 1.82) is 0 Å². The molecule has 0 aliphatic carbocycles. The van der Waals surface area contributed by atoms with E-state index >= 15 is 0 Å². The van der Waals surface area contributed by atoms with Crippen LogP contribution >= 0.6 is 23.2 Å². The van der Waals surface area contributed by atoms with Crippen LogP contribution in [0.4, 0.5) is 5.82 Å². The summed E-state index contributed by atoms with van der Waals surface area (Å²) in [6, 6.07) is 12.1. The van der Waals surface area contributed by atoms with Crippen LogP contribution in [0.2, 0.25) is 10.0 Å². The first kappa shape index (κ1) is 15.6. The van der Waals surface area contributed by atoms with Gasteiger partial charge in [0.25, 0.3) is 0 Å². The van der Waals surface area contributed by atoms with Crippen LogP contribution in [0, 0.1) is 13.8 Å². The van der Waals surface area contributed by atoms with E-state index in [1.165, 1.54) is 16.7 Å². The lowest BCUT2D eigenvalue weighted by Gasteiger charge is -2.10. The standard InChI is InChI=1S/C19H17Cl2N3/c1-11-3-4-12(2)17(9-11)24-19-14(7-8-22-19)18(23-24)13-5-6-15(20)16(21)10-13/h3-6,9-10,22H,7-8H2,1-2H3. The van der Waals surface area contributed by atoms with Gasteiger partial charge in [0.15, 0.2) is 0 Å². The molecule has 24 heavy (non-hydrogen) atoms. The van der Waals surface area contributed by atoms with E-state index in [4.69, 9.17) is 28.3 Å². The average molecular weight is 358 g/mol. The topological polar surface area (TPSA) is 29.9 Å². The van der Waals surface area contributed by atoms with Gasteiger partial charge in [-0.15, -0.1) is 0 Å². The zero-order valence-electron chi connectivity index (χ0n) is 13.5. The molecule has 2 aromatic carbocycles. The zero-order chi connectivity index (χ0) is 16.8. The fraction of sp³-hybridized carbons (Fsp3) is 0.211. The summed E-state index contributed by atoms with van der Waals surface area (Å²) in [5, 5.41) is 9.48. The predicted molar refractivity (Wildman–Crippen MR) is 101 cm³/mol. The van der Waals surface area contributed by atoms with Gasteiger partial charge in [-0.1, -0.05) is 41.4 Å². The highest BCUT2D eigenvalue weighted by molar-refractivity contribution is 6.42. The van der Waals surface area contributed by atoms with Crippen LogP contribution in [0.1, 0.15) is 16.7 Å². The van der Waals surface area contributed by atoms with Crippen LogP contribution in [-0.4, -0.2) is 16.3 Å². The van der Waals surface area contributed by atoms with Gasteiger partial charge in [-0.2, -0.15) is 5.10 Å². The van der Waals surface area contributed by atoms with Crippen LogP contribution in [0.25, 0.3) is 16.9 Å². The van der Waals surface area contributed by atoms with Gasteiger partial charge in [-0.25, -0.2) is 4.68 Å². The molecule has 0 spiro atoms. The van der Waals surface area contributed by atoms with E-state index in [1.54, 1.807) is 0 Å². The summed E-state index contributed by atoms with van der Waals surface area (Å²) in [5.74, 6) is 1.07. The van der Waals surface area contributed by atoms with Crippen molar-refractivity contribution < 1.29 is 0 Å². The molecule has 4 rings (SSSR count). The van der Waals surface area contributed by atoms with E-state index in [-0.39, 0.29) is 0 Å². The Balaban J connectivity index is 1.92. The molecule has 0 saturated heterocycles. The van der Waals surface area contributed by atoms with E-state index in [0.717, 1.165) is 35.7 Å². The quantitative estimate of drug-likeness (QED) is 0.662. The number of hydrogen-bond donors (Lipinski definition) is 1.